The molecule has 0 radical (unpaired) electrons. The number of nitrogens with zero attached hydrogens (tertiary/aromatic N) is 4. The second-order valence-electron chi connectivity index (χ2n) is 8.59. The van der Waals surface area contributed by atoms with Crippen LogP contribution in [-0.2, 0) is 9.59 Å². The van der Waals surface area contributed by atoms with Gasteiger partial charge in [0.05, 0.1) is 23.9 Å². The number of ether oxygens (including phenoxy) is 1. The van der Waals surface area contributed by atoms with Gasteiger partial charge in [-0.1, -0.05) is 38.0 Å². The van der Waals surface area contributed by atoms with E-state index >= 15 is 0 Å². The van der Waals surface area contributed by atoms with Crippen LogP contribution in [-0.4, -0.2) is 37.8 Å². The van der Waals surface area contributed by atoms with Gasteiger partial charge in [-0.15, -0.1) is 11.3 Å². The lowest BCUT2D eigenvalue weighted by Crippen LogP contribution is -2.29. The zero-order valence-electron chi connectivity index (χ0n) is 20.0. The van der Waals surface area contributed by atoms with E-state index < -0.39 is 17.7 Å². The Balaban J connectivity index is 1.66. The fraction of sp³-hybridized carbons (Fsp3) is 0.259. The summed E-state index contributed by atoms with van der Waals surface area (Å²) >= 11 is 1.25. The molecule has 4 heterocycles. The Morgan fingerprint density at radius 2 is 2.03 bits per heavy atom. The number of unbranched alkanes of at least 4 members (excludes halogenated alkanes) is 2. The molecule has 1 aliphatic heterocycles. The van der Waals surface area contributed by atoms with E-state index in [2.05, 4.69) is 16.9 Å². The molecule has 1 atom stereocenters. The van der Waals surface area contributed by atoms with Crippen LogP contribution >= 0.6 is 11.3 Å². The zero-order chi connectivity index (χ0) is 25.2. The van der Waals surface area contributed by atoms with Crippen molar-refractivity contribution in [3.05, 3.63) is 82.8 Å². The minimum Gasteiger partial charge on any atom is -0.505 e. The van der Waals surface area contributed by atoms with Gasteiger partial charge in [0.2, 0.25) is 0 Å². The van der Waals surface area contributed by atoms with Gasteiger partial charge in [0.1, 0.15) is 17.1 Å². The number of aryl methyl sites for hydroxylation is 1. The summed E-state index contributed by atoms with van der Waals surface area (Å²) in [5.74, 6) is -1.15. The van der Waals surface area contributed by atoms with Gasteiger partial charge in [-0.2, -0.15) is 0 Å². The number of benzene rings is 1. The number of Topliss-reactive ketones (excluding diaryl/α,β-unsaturated/α-hetero) is 1. The number of aliphatic hydroxyl groups excluding tert-OH is 1. The van der Waals surface area contributed by atoms with Crippen LogP contribution in [0.3, 0.4) is 0 Å². The Hall–Kier alpha value is -3.98. The lowest BCUT2D eigenvalue weighted by atomic mass is 9.96. The maximum atomic E-state index is 13.4. The molecular formula is C27H26N4O4S. The van der Waals surface area contributed by atoms with Gasteiger partial charge in [0.25, 0.3) is 5.78 Å². The number of thiazole rings is 1. The number of fused-ring (bicyclic) bond motifs is 1. The Bertz CT molecular complexity index is 1460. The summed E-state index contributed by atoms with van der Waals surface area (Å²) in [5, 5.41) is 13.7. The zero-order valence-corrected chi connectivity index (χ0v) is 20.9. The summed E-state index contributed by atoms with van der Waals surface area (Å²) in [6, 6.07) is 11.9. The predicted molar refractivity (Wildman–Crippen MR) is 138 cm³/mol. The van der Waals surface area contributed by atoms with Crippen molar-refractivity contribution in [2.45, 2.75) is 39.2 Å². The van der Waals surface area contributed by atoms with Crippen molar-refractivity contribution < 1.29 is 19.4 Å². The Morgan fingerprint density at radius 1 is 1.17 bits per heavy atom. The quantitative estimate of drug-likeness (QED) is 0.152. The summed E-state index contributed by atoms with van der Waals surface area (Å²) < 4.78 is 7.65. The number of carbonyl (C=O) groups excluding carboxylic acids is 2. The molecule has 5 rings (SSSR count). The highest BCUT2D eigenvalue weighted by molar-refractivity contribution is 7.14. The molecule has 1 amide bonds. The fourth-order valence-electron chi connectivity index (χ4n) is 4.52. The van der Waals surface area contributed by atoms with Crippen molar-refractivity contribution in [2.75, 3.05) is 11.5 Å². The molecular weight excluding hydrogens is 476 g/mol. The standard InChI is InChI=1S/C27H26N4O4S/c1-3-4-7-14-35-19-10-8-9-18(16-19)23-21(25(33)26(34)31(23)27-28-12-15-36-27)24(32)22-17(2)29-20-11-5-6-13-30(20)22/h5-6,8-13,15-16,23,32H,3-4,7,14H2,1-2H3/b24-21+. The van der Waals surface area contributed by atoms with Crippen molar-refractivity contribution in [1.82, 2.24) is 14.4 Å². The first-order valence-electron chi connectivity index (χ1n) is 11.9. The van der Waals surface area contributed by atoms with E-state index in [4.69, 9.17) is 4.74 Å². The second kappa shape index (κ2) is 9.94. The number of hydrogen-bond acceptors (Lipinski definition) is 7. The third-order valence-corrected chi connectivity index (χ3v) is 6.96. The van der Waals surface area contributed by atoms with Crippen molar-refractivity contribution in [1.29, 1.82) is 0 Å². The molecule has 1 aliphatic rings. The summed E-state index contributed by atoms with van der Waals surface area (Å²) in [4.78, 5) is 36.9. The van der Waals surface area contributed by atoms with Gasteiger partial charge >= 0.3 is 5.91 Å². The molecule has 184 valence electrons. The van der Waals surface area contributed by atoms with E-state index in [-0.39, 0.29) is 11.3 Å². The van der Waals surface area contributed by atoms with Crippen LogP contribution in [0.25, 0.3) is 11.4 Å². The van der Waals surface area contributed by atoms with E-state index in [1.54, 1.807) is 29.1 Å². The van der Waals surface area contributed by atoms with Crippen LogP contribution in [0, 0.1) is 6.92 Å². The first kappa shape index (κ1) is 23.7. The van der Waals surface area contributed by atoms with Crippen molar-refractivity contribution in [2.24, 2.45) is 0 Å². The van der Waals surface area contributed by atoms with Gasteiger partial charge in [0.15, 0.2) is 10.9 Å². The third kappa shape index (κ3) is 4.15. The van der Waals surface area contributed by atoms with E-state index in [1.807, 2.05) is 42.5 Å². The number of rotatable bonds is 8. The molecule has 9 heteroatoms. The number of amides is 1. The molecule has 36 heavy (non-hydrogen) atoms. The highest BCUT2D eigenvalue weighted by Crippen LogP contribution is 2.43. The lowest BCUT2D eigenvalue weighted by Gasteiger charge is -2.23. The molecule has 1 unspecified atom stereocenters. The van der Waals surface area contributed by atoms with Gasteiger partial charge in [-0.25, -0.2) is 9.97 Å². The van der Waals surface area contributed by atoms with Crippen molar-refractivity contribution in [3.63, 3.8) is 0 Å². The molecule has 0 aliphatic carbocycles. The average Bonchev–Trinajstić information content (AvgIpc) is 3.58. The number of carbonyl (C=O) groups is 2. The number of pyridine rings is 1. The normalized spacial score (nSPS) is 17.3. The van der Waals surface area contributed by atoms with Gasteiger partial charge in [-0.05, 0) is 43.2 Å². The maximum Gasteiger partial charge on any atom is 0.301 e. The van der Waals surface area contributed by atoms with Crippen molar-refractivity contribution >= 4 is 39.6 Å². The van der Waals surface area contributed by atoms with Crippen LogP contribution in [0.2, 0.25) is 0 Å². The SMILES string of the molecule is CCCCCOc1cccc(C2/C(=C(\O)c3c(C)nc4ccccn34)C(=O)C(=O)N2c2nccs2)c1. The Kier molecular flexibility index (Phi) is 6.56. The van der Waals surface area contributed by atoms with Crippen LogP contribution in [0.4, 0.5) is 5.13 Å². The molecule has 1 saturated heterocycles. The van der Waals surface area contributed by atoms with Gasteiger partial charge in [-0.3, -0.25) is 18.9 Å². The minimum atomic E-state index is -0.871. The Labute approximate surface area is 212 Å². The lowest BCUT2D eigenvalue weighted by molar-refractivity contribution is -0.132. The molecule has 0 spiro atoms. The average molecular weight is 503 g/mol. The number of imidazole rings is 1. The van der Waals surface area contributed by atoms with E-state index in [0.717, 1.165) is 19.3 Å². The number of hydrogen-bond donors (Lipinski definition) is 1. The van der Waals surface area contributed by atoms with Crippen LogP contribution < -0.4 is 9.64 Å². The van der Waals surface area contributed by atoms with Crippen molar-refractivity contribution in [3.8, 4) is 5.75 Å². The summed E-state index contributed by atoms with van der Waals surface area (Å²) in [6.45, 7) is 4.47. The van der Waals surface area contributed by atoms with Gasteiger partial charge < -0.3 is 9.84 Å². The van der Waals surface area contributed by atoms with Gasteiger partial charge in [0, 0.05) is 17.8 Å². The summed E-state index contributed by atoms with van der Waals surface area (Å²) in [5.41, 5.74) is 2.19. The van der Waals surface area contributed by atoms with E-state index in [1.165, 1.54) is 16.2 Å². The second-order valence-corrected chi connectivity index (χ2v) is 9.46. The number of anilines is 1. The maximum absolute atomic E-state index is 13.4. The number of aliphatic hydroxyl groups is 1. The first-order chi connectivity index (χ1) is 17.5. The monoisotopic (exact) mass is 502 g/mol. The smallest absolute Gasteiger partial charge is 0.301 e. The predicted octanol–water partition coefficient (Wildman–Crippen LogP) is 5.29. The molecule has 0 bridgehead atoms. The highest BCUT2D eigenvalue weighted by Gasteiger charge is 2.48. The minimum absolute atomic E-state index is 0.00733. The molecule has 8 nitrogen and oxygen atoms in total. The van der Waals surface area contributed by atoms with Crippen LogP contribution in [0.15, 0.2) is 65.8 Å². The highest BCUT2D eigenvalue weighted by atomic mass is 32.1. The number of ketones is 1. The summed E-state index contributed by atoms with van der Waals surface area (Å²) in [6.07, 6.45) is 6.45. The molecule has 3 aromatic heterocycles. The summed E-state index contributed by atoms with van der Waals surface area (Å²) in [7, 11) is 0. The largest absolute Gasteiger partial charge is 0.505 e. The topological polar surface area (TPSA) is 97.0 Å². The molecule has 1 N–H and O–H groups in total. The molecule has 4 aromatic rings. The van der Waals surface area contributed by atoms with Crippen LogP contribution in [0.5, 0.6) is 5.75 Å². The first-order valence-corrected chi connectivity index (χ1v) is 12.8. The molecule has 0 saturated carbocycles. The van der Waals surface area contributed by atoms with E-state index in [9.17, 15) is 14.7 Å². The number of aromatic nitrogens is 3. The Morgan fingerprint density at radius 3 is 2.81 bits per heavy atom. The fourth-order valence-corrected chi connectivity index (χ4v) is 5.19. The van der Waals surface area contributed by atoms with Crippen LogP contribution in [0.1, 0.15) is 49.2 Å². The van der Waals surface area contributed by atoms with E-state index in [0.29, 0.717) is 40.1 Å². The third-order valence-electron chi connectivity index (χ3n) is 6.19. The molecule has 1 fully saturated rings. The molecule has 1 aromatic carbocycles.